The van der Waals surface area contributed by atoms with E-state index in [1.165, 1.54) is 0 Å². The molecular weight excluding hydrogens is 255 g/mol. The van der Waals surface area contributed by atoms with Crippen LogP contribution in [0, 0.1) is 0 Å². The molecule has 2 aromatic rings. The van der Waals surface area contributed by atoms with Crippen molar-refractivity contribution < 1.29 is 13.9 Å². The van der Waals surface area contributed by atoms with Crippen molar-refractivity contribution in [2.45, 2.75) is 25.1 Å². The van der Waals surface area contributed by atoms with Gasteiger partial charge in [-0.2, -0.15) is 0 Å². The van der Waals surface area contributed by atoms with Crippen molar-refractivity contribution in [3.8, 4) is 0 Å². The first-order chi connectivity index (χ1) is 9.75. The van der Waals surface area contributed by atoms with Crippen LogP contribution in [0.2, 0.25) is 0 Å². The van der Waals surface area contributed by atoms with Gasteiger partial charge < -0.3 is 4.74 Å². The molecule has 2 aromatic carbocycles. The minimum Gasteiger partial charge on any atom is -0.454 e. The Hall–Kier alpha value is -2.16. The lowest BCUT2D eigenvalue weighted by Crippen LogP contribution is -2.18. The van der Waals surface area contributed by atoms with E-state index in [2.05, 4.69) is 0 Å². The van der Waals surface area contributed by atoms with Crippen LogP contribution in [0.4, 0.5) is 4.39 Å². The van der Waals surface area contributed by atoms with Gasteiger partial charge in [0.2, 0.25) is 0 Å². The topological polar surface area (TPSA) is 26.3 Å². The number of hydrogen-bond acceptors (Lipinski definition) is 2. The predicted octanol–water partition coefficient (Wildman–Crippen LogP) is 4.39. The van der Waals surface area contributed by atoms with E-state index in [0.29, 0.717) is 24.0 Å². The minimum absolute atomic E-state index is 0.356. The summed E-state index contributed by atoms with van der Waals surface area (Å²) in [5, 5.41) is 0. The van der Waals surface area contributed by atoms with Crippen LogP contribution in [0.5, 0.6) is 0 Å². The van der Waals surface area contributed by atoms with Crippen LogP contribution >= 0.6 is 0 Å². The highest BCUT2D eigenvalue weighted by molar-refractivity contribution is 5.89. The molecule has 3 rings (SSSR count). The highest BCUT2D eigenvalue weighted by Crippen LogP contribution is 2.40. The summed E-state index contributed by atoms with van der Waals surface area (Å²) in [4.78, 5) is 12.1. The second-order valence-electron chi connectivity index (χ2n) is 4.93. The van der Waals surface area contributed by atoms with Gasteiger partial charge in [0.05, 0.1) is 5.56 Å². The van der Waals surface area contributed by atoms with Crippen molar-refractivity contribution in [1.82, 2.24) is 0 Å². The van der Waals surface area contributed by atoms with Gasteiger partial charge in [0.1, 0.15) is 12.3 Å². The fourth-order valence-corrected chi connectivity index (χ4v) is 2.59. The van der Waals surface area contributed by atoms with Crippen molar-refractivity contribution in [2.75, 3.05) is 0 Å². The molecule has 3 heteroatoms. The molecule has 0 aliphatic heterocycles. The first-order valence-electron chi connectivity index (χ1n) is 6.74. The standard InChI is InChI=1S/C17H15FO2/c18-15-10-11-16(14-9-5-4-8-13(14)15)20-17(19)12-6-2-1-3-7-12/h1-9,15-16H,10-11H2/t15-,16-/m0/s1. The molecule has 0 spiro atoms. The number of alkyl halides is 1. The van der Waals surface area contributed by atoms with Gasteiger partial charge >= 0.3 is 5.97 Å². The zero-order valence-electron chi connectivity index (χ0n) is 11.0. The molecule has 0 heterocycles. The quantitative estimate of drug-likeness (QED) is 0.756. The van der Waals surface area contributed by atoms with Gasteiger partial charge in [0, 0.05) is 0 Å². The molecule has 0 saturated heterocycles. The average molecular weight is 270 g/mol. The van der Waals surface area contributed by atoms with Crippen molar-refractivity contribution in [2.24, 2.45) is 0 Å². The molecule has 0 radical (unpaired) electrons. The second-order valence-corrected chi connectivity index (χ2v) is 4.93. The first kappa shape index (κ1) is 12.9. The van der Waals surface area contributed by atoms with Crippen LogP contribution in [-0.4, -0.2) is 5.97 Å². The Morgan fingerprint density at radius 1 is 0.950 bits per heavy atom. The van der Waals surface area contributed by atoms with E-state index < -0.39 is 6.17 Å². The lowest BCUT2D eigenvalue weighted by Gasteiger charge is -2.27. The number of hydrogen-bond donors (Lipinski definition) is 0. The number of carbonyl (C=O) groups is 1. The summed E-state index contributed by atoms with van der Waals surface area (Å²) in [6, 6.07) is 16.1. The van der Waals surface area contributed by atoms with E-state index in [1.807, 2.05) is 24.3 Å². The normalized spacial score (nSPS) is 21.1. The fraction of sp³-hybridized carbons (Fsp3) is 0.235. The van der Waals surface area contributed by atoms with E-state index in [-0.39, 0.29) is 12.1 Å². The van der Waals surface area contributed by atoms with Gasteiger partial charge in [-0.05, 0) is 36.1 Å². The van der Waals surface area contributed by atoms with Gasteiger partial charge in [0.15, 0.2) is 0 Å². The number of benzene rings is 2. The first-order valence-corrected chi connectivity index (χ1v) is 6.74. The Morgan fingerprint density at radius 2 is 1.60 bits per heavy atom. The fourth-order valence-electron chi connectivity index (χ4n) is 2.59. The summed E-state index contributed by atoms with van der Waals surface area (Å²) in [5.74, 6) is -0.359. The second kappa shape index (κ2) is 5.45. The molecule has 0 bridgehead atoms. The van der Waals surface area contributed by atoms with Crippen LogP contribution in [0.25, 0.3) is 0 Å². The highest BCUT2D eigenvalue weighted by Gasteiger charge is 2.29. The number of rotatable bonds is 2. The number of halogens is 1. The number of carbonyl (C=O) groups excluding carboxylic acids is 1. The van der Waals surface area contributed by atoms with Crippen LogP contribution in [0.1, 0.15) is 46.6 Å². The summed E-state index contributed by atoms with van der Waals surface area (Å²) in [7, 11) is 0. The zero-order chi connectivity index (χ0) is 13.9. The Balaban J connectivity index is 1.82. The van der Waals surface area contributed by atoms with Crippen molar-refractivity contribution in [1.29, 1.82) is 0 Å². The Kier molecular flexibility index (Phi) is 3.50. The SMILES string of the molecule is O=C(O[C@H]1CC[C@H](F)c2ccccc21)c1ccccc1. The van der Waals surface area contributed by atoms with Crippen LogP contribution in [-0.2, 0) is 4.74 Å². The number of ether oxygens (including phenoxy) is 1. The average Bonchev–Trinajstić information content (AvgIpc) is 2.51. The van der Waals surface area contributed by atoms with Gasteiger partial charge in [-0.3, -0.25) is 0 Å². The number of esters is 1. The third-order valence-corrected chi connectivity index (χ3v) is 3.62. The van der Waals surface area contributed by atoms with Crippen molar-refractivity contribution >= 4 is 5.97 Å². The van der Waals surface area contributed by atoms with E-state index in [0.717, 1.165) is 5.56 Å². The van der Waals surface area contributed by atoms with Gasteiger partial charge in [-0.1, -0.05) is 42.5 Å². The maximum atomic E-state index is 13.9. The summed E-state index contributed by atoms with van der Waals surface area (Å²) in [5.41, 5.74) is 1.95. The minimum atomic E-state index is -0.960. The predicted molar refractivity (Wildman–Crippen MR) is 74.1 cm³/mol. The molecule has 1 aliphatic rings. The summed E-state index contributed by atoms with van der Waals surface area (Å²) in [6.45, 7) is 0. The maximum absolute atomic E-state index is 13.9. The molecule has 0 N–H and O–H groups in total. The van der Waals surface area contributed by atoms with E-state index >= 15 is 0 Å². The van der Waals surface area contributed by atoms with Gasteiger partial charge in [-0.15, -0.1) is 0 Å². The number of fused-ring (bicyclic) bond motifs is 1. The maximum Gasteiger partial charge on any atom is 0.338 e. The zero-order valence-corrected chi connectivity index (χ0v) is 11.0. The molecule has 0 amide bonds. The molecule has 2 atom stereocenters. The smallest absolute Gasteiger partial charge is 0.338 e. The van der Waals surface area contributed by atoms with Gasteiger partial charge in [0.25, 0.3) is 0 Å². The molecule has 102 valence electrons. The van der Waals surface area contributed by atoms with E-state index in [4.69, 9.17) is 4.74 Å². The van der Waals surface area contributed by atoms with Crippen molar-refractivity contribution in [3.63, 3.8) is 0 Å². The summed E-state index contributed by atoms with van der Waals surface area (Å²) in [6.07, 6.45) is -0.399. The van der Waals surface area contributed by atoms with Crippen LogP contribution < -0.4 is 0 Å². The molecule has 2 nitrogen and oxygen atoms in total. The lowest BCUT2D eigenvalue weighted by molar-refractivity contribution is 0.0220. The summed E-state index contributed by atoms with van der Waals surface area (Å²) >= 11 is 0. The molecule has 0 unspecified atom stereocenters. The molecular formula is C17H15FO2. The molecule has 20 heavy (non-hydrogen) atoms. The molecule has 0 saturated carbocycles. The molecule has 1 aliphatic carbocycles. The highest BCUT2D eigenvalue weighted by atomic mass is 19.1. The van der Waals surface area contributed by atoms with E-state index in [9.17, 15) is 9.18 Å². The third kappa shape index (κ3) is 2.44. The third-order valence-electron chi connectivity index (χ3n) is 3.62. The Labute approximate surface area is 117 Å². The Morgan fingerprint density at radius 3 is 2.35 bits per heavy atom. The largest absolute Gasteiger partial charge is 0.454 e. The summed E-state index contributed by atoms with van der Waals surface area (Å²) < 4.78 is 19.4. The lowest BCUT2D eigenvalue weighted by atomic mass is 9.88. The van der Waals surface area contributed by atoms with Gasteiger partial charge in [-0.25, -0.2) is 9.18 Å². The van der Waals surface area contributed by atoms with Crippen LogP contribution in [0.15, 0.2) is 54.6 Å². The molecule has 0 fully saturated rings. The monoisotopic (exact) mass is 270 g/mol. The van der Waals surface area contributed by atoms with Crippen LogP contribution in [0.3, 0.4) is 0 Å². The van der Waals surface area contributed by atoms with Crippen molar-refractivity contribution in [3.05, 3.63) is 71.3 Å². The molecule has 0 aromatic heterocycles. The van der Waals surface area contributed by atoms with E-state index in [1.54, 1.807) is 30.3 Å². The Bertz CT molecular complexity index is 609.